The number of hydrogen-bond donors (Lipinski definition) is 2. The van der Waals surface area contributed by atoms with Crippen molar-refractivity contribution in [3.8, 4) is 0 Å². The van der Waals surface area contributed by atoms with Gasteiger partial charge in [-0.05, 0) is 49.6 Å². The molecule has 0 amide bonds. The molecule has 3 rings (SSSR count). The lowest BCUT2D eigenvalue weighted by Crippen LogP contribution is -2.26. The number of carbonyl (C=O) groups excluding carboxylic acids is 1. The van der Waals surface area contributed by atoms with E-state index in [1.807, 2.05) is 12.3 Å². The van der Waals surface area contributed by atoms with Gasteiger partial charge >= 0.3 is 11.9 Å². The second-order valence-electron chi connectivity index (χ2n) is 6.41. The van der Waals surface area contributed by atoms with Crippen molar-refractivity contribution in [2.45, 2.75) is 38.6 Å². The third kappa shape index (κ3) is 5.64. The summed E-state index contributed by atoms with van der Waals surface area (Å²) in [5, 5.41) is 17.2. The average molecular weight is 371 g/mol. The second-order valence-corrected chi connectivity index (χ2v) is 6.41. The van der Waals surface area contributed by atoms with Crippen molar-refractivity contribution in [3.63, 3.8) is 0 Å². The molecule has 0 atom stereocenters. The van der Waals surface area contributed by atoms with E-state index in [1.165, 1.54) is 12.1 Å². The van der Waals surface area contributed by atoms with Gasteiger partial charge in [-0.3, -0.25) is 9.59 Å². The molecule has 0 bridgehead atoms. The molecule has 1 heterocycles. The molecule has 0 unspecified atom stereocenters. The first-order chi connectivity index (χ1) is 12.8. The lowest BCUT2D eigenvalue weighted by atomic mass is 9.94. The number of nitrogens with zero attached hydrogens (tertiary/aromatic N) is 1. The Bertz CT molecular complexity index is 872. The maximum Gasteiger partial charge on any atom is 0.335 e. The number of aromatic nitrogens is 1. The normalized spacial score (nSPS) is 14.2. The van der Waals surface area contributed by atoms with Crippen LogP contribution in [-0.4, -0.2) is 32.5 Å². The summed E-state index contributed by atoms with van der Waals surface area (Å²) in [6, 6.07) is 9.38. The van der Waals surface area contributed by atoms with Gasteiger partial charge in [-0.15, -0.1) is 0 Å². The van der Waals surface area contributed by atoms with E-state index in [-0.39, 0.29) is 22.7 Å². The Kier molecular flexibility index (Phi) is 6.65. The summed E-state index contributed by atoms with van der Waals surface area (Å²) in [6.45, 7) is 1.65. The van der Waals surface area contributed by atoms with Crippen LogP contribution in [0.2, 0.25) is 0 Å². The predicted molar refractivity (Wildman–Crippen MR) is 98.3 cm³/mol. The topological polar surface area (TPSA) is 114 Å². The van der Waals surface area contributed by atoms with Gasteiger partial charge < -0.3 is 14.8 Å². The molecule has 1 aromatic carbocycles. The van der Waals surface area contributed by atoms with Crippen LogP contribution in [0.25, 0.3) is 0 Å². The van der Waals surface area contributed by atoms with Crippen LogP contribution in [0.15, 0.2) is 47.4 Å². The summed E-state index contributed by atoms with van der Waals surface area (Å²) in [5.41, 5.74) is 0.652. The quantitative estimate of drug-likeness (QED) is 0.857. The van der Waals surface area contributed by atoms with Crippen LogP contribution in [-0.2, 0) is 4.79 Å². The first-order valence-corrected chi connectivity index (χ1v) is 8.55. The molecule has 0 aliphatic heterocycles. The number of benzene rings is 1. The molecule has 0 spiro atoms. The molecule has 27 heavy (non-hydrogen) atoms. The number of ketones is 1. The molecule has 1 aliphatic carbocycles. The van der Waals surface area contributed by atoms with Crippen molar-refractivity contribution < 1.29 is 24.6 Å². The van der Waals surface area contributed by atoms with Gasteiger partial charge in [-0.2, -0.15) is 0 Å². The van der Waals surface area contributed by atoms with Crippen molar-refractivity contribution in [1.29, 1.82) is 0 Å². The van der Waals surface area contributed by atoms with E-state index in [0.717, 1.165) is 18.9 Å². The van der Waals surface area contributed by atoms with E-state index in [2.05, 4.69) is 0 Å². The van der Waals surface area contributed by atoms with Crippen LogP contribution < -0.4 is 5.56 Å². The Balaban J connectivity index is 0.000000194. The number of hydrogen-bond acceptors (Lipinski definition) is 4. The Morgan fingerprint density at radius 1 is 0.963 bits per heavy atom. The highest BCUT2D eigenvalue weighted by molar-refractivity contribution is 5.94. The molecule has 7 heteroatoms. The molecule has 7 nitrogen and oxygen atoms in total. The number of Topliss-reactive ketones (excluding diaryl/α,β-unsaturated/α-hetero) is 1. The molecule has 142 valence electrons. The monoisotopic (exact) mass is 371 g/mol. The van der Waals surface area contributed by atoms with Crippen LogP contribution in [0.3, 0.4) is 0 Å². The van der Waals surface area contributed by atoms with Gasteiger partial charge in [0.1, 0.15) is 5.78 Å². The minimum atomic E-state index is -1.12. The van der Waals surface area contributed by atoms with E-state index >= 15 is 0 Å². The maximum absolute atomic E-state index is 11.5. The molecular weight excluding hydrogens is 350 g/mol. The molecule has 0 saturated heterocycles. The van der Waals surface area contributed by atoms with Crippen molar-refractivity contribution in [1.82, 2.24) is 4.57 Å². The highest BCUT2D eigenvalue weighted by atomic mass is 16.4. The minimum absolute atomic E-state index is 0.00241. The molecule has 1 fully saturated rings. The fraction of sp³-hybridized carbons (Fsp3) is 0.300. The SMILES string of the molecule is Cc1cc(C(=O)O)cc(C(=O)O)c1.O=C1CCC(n2ccccc2=O)CC1. The summed E-state index contributed by atoms with van der Waals surface area (Å²) >= 11 is 0. The standard InChI is InChI=1S/C11H13NO2.C9H8O4/c13-10-6-4-9(5-7-10)12-8-2-1-3-11(12)14;1-5-2-6(8(10)11)4-7(3-5)9(12)13/h1-3,8-9H,4-7H2;2-4H,1H3,(H,10,11)(H,12,13). The van der Waals surface area contributed by atoms with Gasteiger partial charge in [0, 0.05) is 31.1 Å². The van der Waals surface area contributed by atoms with E-state index in [1.54, 1.807) is 23.6 Å². The molecule has 2 aromatic rings. The summed E-state index contributed by atoms with van der Waals surface area (Å²) in [5.74, 6) is -1.91. The van der Waals surface area contributed by atoms with Crippen LogP contribution >= 0.6 is 0 Å². The van der Waals surface area contributed by atoms with Gasteiger partial charge in [0.25, 0.3) is 5.56 Å². The number of carboxylic acids is 2. The summed E-state index contributed by atoms with van der Waals surface area (Å²) < 4.78 is 1.74. The largest absolute Gasteiger partial charge is 0.478 e. The van der Waals surface area contributed by atoms with Crippen LogP contribution in [0, 0.1) is 6.92 Å². The van der Waals surface area contributed by atoms with Gasteiger partial charge in [-0.1, -0.05) is 6.07 Å². The first kappa shape index (κ1) is 20.1. The number of carboxylic acid groups (broad SMARTS) is 2. The van der Waals surface area contributed by atoms with E-state index < -0.39 is 11.9 Å². The van der Waals surface area contributed by atoms with Gasteiger partial charge in [0.15, 0.2) is 0 Å². The smallest absolute Gasteiger partial charge is 0.335 e. The summed E-state index contributed by atoms with van der Waals surface area (Å²) in [4.78, 5) is 43.6. The Hall–Kier alpha value is -3.22. The summed E-state index contributed by atoms with van der Waals surface area (Å²) in [6.07, 6.45) is 4.66. The fourth-order valence-electron chi connectivity index (χ4n) is 2.97. The van der Waals surface area contributed by atoms with Gasteiger partial charge in [0.05, 0.1) is 11.1 Å². The fourth-order valence-corrected chi connectivity index (χ4v) is 2.97. The van der Waals surface area contributed by atoms with E-state index in [0.29, 0.717) is 24.2 Å². The number of pyridine rings is 1. The van der Waals surface area contributed by atoms with E-state index in [4.69, 9.17) is 10.2 Å². The highest BCUT2D eigenvalue weighted by Crippen LogP contribution is 2.24. The molecule has 1 aromatic heterocycles. The average Bonchev–Trinajstić information content (AvgIpc) is 2.63. The lowest BCUT2D eigenvalue weighted by Gasteiger charge is -2.22. The lowest BCUT2D eigenvalue weighted by molar-refractivity contribution is -0.120. The number of aryl methyl sites for hydroxylation is 1. The zero-order valence-corrected chi connectivity index (χ0v) is 14.9. The first-order valence-electron chi connectivity index (χ1n) is 8.55. The third-order valence-corrected chi connectivity index (χ3v) is 4.33. The van der Waals surface area contributed by atoms with Crippen LogP contribution in [0.4, 0.5) is 0 Å². The Morgan fingerprint density at radius 3 is 2.00 bits per heavy atom. The molecular formula is C20H21NO6. The highest BCUT2D eigenvalue weighted by Gasteiger charge is 2.20. The van der Waals surface area contributed by atoms with Crippen molar-refractivity contribution in [2.75, 3.05) is 0 Å². The van der Waals surface area contributed by atoms with Gasteiger partial charge in [-0.25, -0.2) is 9.59 Å². The minimum Gasteiger partial charge on any atom is -0.478 e. The van der Waals surface area contributed by atoms with Crippen molar-refractivity contribution in [3.05, 3.63) is 69.6 Å². The predicted octanol–water partition coefficient (Wildman–Crippen LogP) is 2.92. The zero-order valence-electron chi connectivity index (χ0n) is 14.9. The Labute approximate surface area is 155 Å². The van der Waals surface area contributed by atoms with Crippen molar-refractivity contribution >= 4 is 17.7 Å². The van der Waals surface area contributed by atoms with Gasteiger partial charge in [0.2, 0.25) is 0 Å². The zero-order chi connectivity index (χ0) is 20.0. The Morgan fingerprint density at radius 2 is 1.52 bits per heavy atom. The van der Waals surface area contributed by atoms with Crippen LogP contribution in [0.1, 0.15) is 58.0 Å². The number of aromatic carboxylic acids is 2. The molecule has 2 N–H and O–H groups in total. The third-order valence-electron chi connectivity index (χ3n) is 4.33. The molecule has 0 radical (unpaired) electrons. The summed E-state index contributed by atoms with van der Waals surface area (Å²) in [7, 11) is 0. The van der Waals surface area contributed by atoms with E-state index in [9.17, 15) is 19.2 Å². The van der Waals surface area contributed by atoms with Crippen molar-refractivity contribution in [2.24, 2.45) is 0 Å². The number of rotatable bonds is 3. The molecule has 1 aliphatic rings. The maximum atomic E-state index is 11.5. The molecule has 1 saturated carbocycles. The number of carbonyl (C=O) groups is 3. The second kappa shape index (κ2) is 8.93. The van der Waals surface area contributed by atoms with Crippen LogP contribution in [0.5, 0.6) is 0 Å².